The van der Waals surface area contributed by atoms with Crippen molar-refractivity contribution in [3.05, 3.63) is 0 Å². The standard InChI is InChI=1S/C8H18O.3ClH.Ti/c1-2-3-4-5-6-7-8-9;;;;/h9H,2-8H2,1H3;3*1H;/q;;;;+3/p-3. The predicted octanol–water partition coefficient (Wildman–Crippen LogP) is 4.41. The van der Waals surface area contributed by atoms with Gasteiger partial charge in [-0.15, -0.1) is 0 Å². The van der Waals surface area contributed by atoms with Crippen LogP contribution in [0.3, 0.4) is 0 Å². The van der Waals surface area contributed by atoms with Gasteiger partial charge in [0.2, 0.25) is 0 Å². The second kappa shape index (κ2) is 16.0. The first kappa shape index (κ1) is 17.0. The Bertz CT molecular complexity index is 75.0. The fourth-order valence-corrected chi connectivity index (χ4v) is 0.892. The van der Waals surface area contributed by atoms with E-state index in [1.807, 2.05) is 0 Å². The van der Waals surface area contributed by atoms with Crippen molar-refractivity contribution in [1.29, 1.82) is 0 Å². The zero-order valence-corrected chi connectivity index (χ0v) is 11.9. The van der Waals surface area contributed by atoms with Crippen LogP contribution < -0.4 is 0 Å². The molecule has 81 valence electrons. The molecule has 1 N–H and O–H groups in total. The topological polar surface area (TPSA) is 20.2 Å². The maximum atomic E-state index is 8.42. The maximum absolute atomic E-state index is 8.42. The summed E-state index contributed by atoms with van der Waals surface area (Å²) in [5.41, 5.74) is 0. The molecule has 0 rings (SSSR count). The van der Waals surface area contributed by atoms with Gasteiger partial charge in [-0.05, 0) is 6.42 Å². The third-order valence-corrected chi connectivity index (χ3v) is 1.51. The van der Waals surface area contributed by atoms with E-state index in [1.165, 1.54) is 32.1 Å². The predicted molar refractivity (Wildman–Crippen MR) is 58.0 cm³/mol. The van der Waals surface area contributed by atoms with E-state index in [0.29, 0.717) is 6.61 Å². The summed E-state index contributed by atoms with van der Waals surface area (Å²) in [7, 11) is 14.9. The van der Waals surface area contributed by atoms with Crippen LogP contribution in [-0.4, -0.2) is 11.7 Å². The monoisotopic (exact) mass is 283 g/mol. The first-order valence-corrected chi connectivity index (χ1v) is 11.0. The second-order valence-electron chi connectivity index (χ2n) is 2.71. The van der Waals surface area contributed by atoms with E-state index in [4.69, 9.17) is 33.0 Å². The third-order valence-electron chi connectivity index (χ3n) is 1.51. The number of aliphatic hydroxyl groups excluding tert-OH is 1. The van der Waals surface area contributed by atoms with Gasteiger partial charge >= 0.3 is 42.6 Å². The molecule has 0 aliphatic carbocycles. The van der Waals surface area contributed by atoms with Crippen LogP contribution >= 0.6 is 27.9 Å². The number of unbranched alkanes of at least 4 members (excludes halogenated alkanes) is 5. The fourth-order valence-electron chi connectivity index (χ4n) is 0.892. The zero-order chi connectivity index (χ0) is 10.5. The van der Waals surface area contributed by atoms with Gasteiger partial charge in [0, 0.05) is 6.61 Å². The molecular formula is C8H18Cl3OTi. The van der Waals surface area contributed by atoms with Crippen LogP contribution in [0.15, 0.2) is 0 Å². The quantitative estimate of drug-likeness (QED) is 0.566. The summed E-state index contributed by atoms with van der Waals surface area (Å²) in [4.78, 5) is 0. The minimum atomic E-state index is -1.92. The molecule has 5 heteroatoms. The fraction of sp³-hybridized carbons (Fsp3) is 1.00. The van der Waals surface area contributed by atoms with E-state index < -0.39 is 14.7 Å². The molecule has 0 aromatic heterocycles. The SMILES string of the molecule is CCCCCCCCO.[Cl][Ti]([Cl])[Cl]. The Morgan fingerprint density at radius 1 is 0.923 bits per heavy atom. The first-order chi connectivity index (χ1) is 6.15. The number of rotatable bonds is 6. The Labute approximate surface area is 99.2 Å². The van der Waals surface area contributed by atoms with Gasteiger partial charge in [-0.3, -0.25) is 0 Å². The molecule has 0 saturated heterocycles. The summed E-state index contributed by atoms with van der Waals surface area (Å²) in [5, 5.41) is 8.42. The molecule has 0 aromatic rings. The van der Waals surface area contributed by atoms with Crippen LogP contribution in [0.5, 0.6) is 0 Å². The van der Waals surface area contributed by atoms with Gasteiger partial charge in [0.15, 0.2) is 0 Å². The van der Waals surface area contributed by atoms with Gasteiger partial charge in [0.1, 0.15) is 0 Å². The van der Waals surface area contributed by atoms with Crippen molar-refractivity contribution >= 4 is 27.9 Å². The van der Waals surface area contributed by atoms with Crippen molar-refractivity contribution < 1.29 is 19.8 Å². The normalized spacial score (nSPS) is 9.00. The van der Waals surface area contributed by atoms with E-state index in [9.17, 15) is 0 Å². The first-order valence-electron chi connectivity index (χ1n) is 4.59. The molecule has 13 heavy (non-hydrogen) atoms. The van der Waals surface area contributed by atoms with E-state index in [0.717, 1.165) is 6.42 Å². The van der Waals surface area contributed by atoms with Gasteiger partial charge in [0.25, 0.3) is 0 Å². The van der Waals surface area contributed by atoms with Crippen LogP contribution in [0.2, 0.25) is 0 Å². The van der Waals surface area contributed by atoms with E-state index in [2.05, 4.69) is 6.92 Å². The van der Waals surface area contributed by atoms with Gasteiger partial charge in [-0.1, -0.05) is 39.0 Å². The molecule has 0 saturated carbocycles. The molecule has 0 aliphatic rings. The van der Waals surface area contributed by atoms with E-state index in [-0.39, 0.29) is 0 Å². The van der Waals surface area contributed by atoms with Crippen LogP contribution in [-0.2, 0) is 14.7 Å². The molecule has 0 spiro atoms. The summed E-state index contributed by atoms with van der Waals surface area (Å²) in [6.45, 7) is 2.58. The average molecular weight is 284 g/mol. The molecule has 0 heterocycles. The van der Waals surface area contributed by atoms with E-state index >= 15 is 0 Å². The molecule has 0 amide bonds. The average Bonchev–Trinajstić information content (AvgIpc) is 2.03. The van der Waals surface area contributed by atoms with Crippen LogP contribution in [0.4, 0.5) is 0 Å². The van der Waals surface area contributed by atoms with E-state index in [1.54, 1.807) is 0 Å². The number of halogens is 3. The van der Waals surface area contributed by atoms with Crippen LogP contribution in [0.25, 0.3) is 0 Å². The molecule has 0 atom stereocenters. The van der Waals surface area contributed by atoms with Gasteiger partial charge in [-0.2, -0.15) is 0 Å². The zero-order valence-electron chi connectivity index (χ0n) is 8.03. The molecule has 0 aliphatic heterocycles. The Morgan fingerprint density at radius 2 is 1.31 bits per heavy atom. The second-order valence-corrected chi connectivity index (χ2v) is 10.4. The third kappa shape index (κ3) is 31.7. The summed E-state index contributed by atoms with van der Waals surface area (Å²) in [6, 6.07) is 0. The molecule has 1 nitrogen and oxygen atoms in total. The number of hydrogen-bond acceptors (Lipinski definition) is 1. The van der Waals surface area contributed by atoms with Crippen molar-refractivity contribution in [2.75, 3.05) is 6.61 Å². The van der Waals surface area contributed by atoms with Gasteiger partial charge in [-0.25, -0.2) is 0 Å². The Hall–Kier alpha value is 1.54. The van der Waals surface area contributed by atoms with Crippen molar-refractivity contribution in [2.24, 2.45) is 0 Å². The summed E-state index contributed by atoms with van der Waals surface area (Å²) in [6.07, 6.45) is 7.50. The molecule has 0 bridgehead atoms. The van der Waals surface area contributed by atoms with Gasteiger partial charge < -0.3 is 5.11 Å². The van der Waals surface area contributed by atoms with Crippen molar-refractivity contribution in [3.63, 3.8) is 0 Å². The molecule has 0 fully saturated rings. The molecule has 0 unspecified atom stereocenters. The Kier molecular flexibility index (Phi) is 20.9. The van der Waals surface area contributed by atoms with Crippen LogP contribution in [0, 0.1) is 0 Å². The Balaban J connectivity index is 0. The molecular weight excluding hydrogens is 266 g/mol. The number of hydrogen-bond donors (Lipinski definition) is 1. The van der Waals surface area contributed by atoms with Gasteiger partial charge in [0.05, 0.1) is 0 Å². The van der Waals surface area contributed by atoms with Crippen molar-refractivity contribution in [3.8, 4) is 0 Å². The molecule has 0 radical (unpaired) electrons. The van der Waals surface area contributed by atoms with Crippen molar-refractivity contribution in [2.45, 2.75) is 45.4 Å². The van der Waals surface area contributed by atoms with Crippen molar-refractivity contribution in [1.82, 2.24) is 0 Å². The summed E-state index contributed by atoms with van der Waals surface area (Å²) in [5.74, 6) is 0. The van der Waals surface area contributed by atoms with Crippen LogP contribution in [0.1, 0.15) is 45.4 Å². The molecule has 0 aromatic carbocycles. The minimum absolute atomic E-state index is 0.367. The summed E-state index contributed by atoms with van der Waals surface area (Å²) < 4.78 is 0. The Morgan fingerprint density at radius 3 is 1.69 bits per heavy atom. The number of aliphatic hydroxyl groups is 1. The summed E-state index contributed by atoms with van der Waals surface area (Å²) >= 11 is -1.92.